The van der Waals surface area contributed by atoms with E-state index >= 15 is 0 Å². The molecule has 0 bridgehead atoms. The van der Waals surface area contributed by atoms with Gasteiger partial charge in [0.2, 0.25) is 0 Å². The lowest BCUT2D eigenvalue weighted by molar-refractivity contribution is -0.121. The van der Waals surface area contributed by atoms with Crippen molar-refractivity contribution >= 4 is 40.5 Å². The third-order valence-electron chi connectivity index (χ3n) is 5.27. The number of carbonyl (C=O) groups excluding carboxylic acids is 2. The summed E-state index contributed by atoms with van der Waals surface area (Å²) < 4.78 is 10.9. The van der Waals surface area contributed by atoms with E-state index in [-0.39, 0.29) is 11.8 Å². The summed E-state index contributed by atoms with van der Waals surface area (Å²) in [7, 11) is 1.71. The summed E-state index contributed by atoms with van der Waals surface area (Å²) in [6.45, 7) is 5.03. The number of carbonyl (C=O) groups is 2. The fourth-order valence-electron chi connectivity index (χ4n) is 3.45. The third-order valence-corrected chi connectivity index (χ3v) is 6.33. The van der Waals surface area contributed by atoms with Crippen LogP contribution in [0.15, 0.2) is 58.4 Å². The molecule has 0 saturated carbocycles. The van der Waals surface area contributed by atoms with Crippen molar-refractivity contribution < 1.29 is 19.1 Å². The van der Waals surface area contributed by atoms with Crippen LogP contribution in [0.1, 0.15) is 29.3 Å². The zero-order chi connectivity index (χ0) is 23.2. The number of aliphatic imine (C=N–C) groups is 1. The van der Waals surface area contributed by atoms with E-state index in [2.05, 4.69) is 11.9 Å². The molecule has 4 rings (SSSR count). The van der Waals surface area contributed by atoms with Crippen LogP contribution in [-0.4, -0.2) is 66.7 Å². The molecule has 2 amide bonds. The Morgan fingerprint density at radius 2 is 1.94 bits per heavy atom. The van der Waals surface area contributed by atoms with Crippen LogP contribution in [0.3, 0.4) is 0 Å². The van der Waals surface area contributed by atoms with Crippen LogP contribution < -0.4 is 4.74 Å². The Hall–Kier alpha value is -3.10. The van der Waals surface area contributed by atoms with Crippen LogP contribution in [-0.2, 0) is 9.53 Å². The number of hydrogen-bond acceptors (Lipinski definition) is 6. The second kappa shape index (κ2) is 10.7. The number of amidine groups is 1. The SMILES string of the molecule is CCCOc1ccc(/C=C2/SC(=Nc3cccc(C(=O)N4CCOCC4)c3)N(C)C2=O)cc1. The second-order valence-electron chi connectivity index (χ2n) is 7.74. The molecular formula is C25H27N3O4S. The Morgan fingerprint density at radius 1 is 1.18 bits per heavy atom. The summed E-state index contributed by atoms with van der Waals surface area (Å²) in [5.74, 6) is 0.677. The molecule has 2 aliphatic heterocycles. The molecule has 172 valence electrons. The van der Waals surface area contributed by atoms with Crippen LogP contribution in [0.4, 0.5) is 5.69 Å². The van der Waals surface area contributed by atoms with Crippen LogP contribution in [0.2, 0.25) is 0 Å². The van der Waals surface area contributed by atoms with Crippen LogP contribution in [0, 0.1) is 0 Å². The maximum atomic E-state index is 12.8. The number of thioether (sulfide) groups is 1. The molecule has 2 fully saturated rings. The van der Waals surface area contributed by atoms with Gasteiger partial charge in [-0.25, -0.2) is 4.99 Å². The molecule has 0 N–H and O–H groups in total. The van der Waals surface area contributed by atoms with Gasteiger partial charge in [0.1, 0.15) is 5.75 Å². The van der Waals surface area contributed by atoms with E-state index < -0.39 is 0 Å². The number of amides is 2. The predicted octanol–water partition coefficient (Wildman–Crippen LogP) is 4.18. The highest BCUT2D eigenvalue weighted by Crippen LogP contribution is 2.33. The molecule has 0 radical (unpaired) electrons. The van der Waals surface area contributed by atoms with E-state index in [9.17, 15) is 9.59 Å². The number of morpholine rings is 1. The number of ether oxygens (including phenoxy) is 2. The molecule has 0 aliphatic carbocycles. The van der Waals surface area contributed by atoms with Gasteiger partial charge in [-0.05, 0) is 60.2 Å². The van der Waals surface area contributed by atoms with E-state index in [1.165, 1.54) is 16.7 Å². The Labute approximate surface area is 198 Å². The van der Waals surface area contributed by atoms with Crippen molar-refractivity contribution in [2.75, 3.05) is 40.0 Å². The van der Waals surface area contributed by atoms with E-state index in [1.807, 2.05) is 42.5 Å². The van der Waals surface area contributed by atoms with Gasteiger partial charge in [-0.1, -0.05) is 25.1 Å². The van der Waals surface area contributed by atoms with Crippen LogP contribution in [0.25, 0.3) is 6.08 Å². The highest BCUT2D eigenvalue weighted by molar-refractivity contribution is 8.18. The molecule has 0 atom stereocenters. The van der Waals surface area contributed by atoms with Crippen LogP contribution in [0.5, 0.6) is 5.75 Å². The first-order valence-corrected chi connectivity index (χ1v) is 11.8. The number of likely N-dealkylation sites (N-methyl/N-ethyl adjacent to an activating group) is 1. The van der Waals surface area contributed by atoms with Crippen molar-refractivity contribution in [2.24, 2.45) is 4.99 Å². The molecule has 2 aromatic carbocycles. The summed E-state index contributed by atoms with van der Waals surface area (Å²) in [6.07, 6.45) is 2.81. The average Bonchev–Trinajstić information content (AvgIpc) is 3.11. The fourth-order valence-corrected chi connectivity index (χ4v) is 4.44. The number of benzene rings is 2. The number of rotatable bonds is 6. The van der Waals surface area contributed by atoms with Gasteiger partial charge in [0.25, 0.3) is 11.8 Å². The molecule has 0 aromatic heterocycles. The van der Waals surface area contributed by atoms with E-state index in [0.29, 0.717) is 54.2 Å². The largest absolute Gasteiger partial charge is 0.494 e. The Kier molecular flexibility index (Phi) is 7.47. The first-order chi connectivity index (χ1) is 16.0. The standard InChI is InChI=1S/C25H27N3O4S/c1-3-13-32-21-9-7-18(8-10-21)16-22-24(30)27(2)25(33-22)26-20-6-4-5-19(17-20)23(29)28-11-14-31-15-12-28/h4-10,16-17H,3,11-15H2,1-2H3/b22-16+,26-25?. The van der Waals surface area contributed by atoms with Gasteiger partial charge >= 0.3 is 0 Å². The summed E-state index contributed by atoms with van der Waals surface area (Å²) in [5.41, 5.74) is 2.13. The molecule has 2 saturated heterocycles. The highest BCUT2D eigenvalue weighted by atomic mass is 32.2. The highest BCUT2D eigenvalue weighted by Gasteiger charge is 2.30. The van der Waals surface area contributed by atoms with Gasteiger partial charge in [-0.15, -0.1) is 0 Å². The molecule has 2 aliphatic rings. The third kappa shape index (κ3) is 5.64. The van der Waals surface area contributed by atoms with Gasteiger partial charge < -0.3 is 14.4 Å². The molecule has 2 heterocycles. The van der Waals surface area contributed by atoms with Gasteiger partial charge in [-0.2, -0.15) is 0 Å². The van der Waals surface area contributed by atoms with Crippen LogP contribution >= 0.6 is 11.8 Å². The topological polar surface area (TPSA) is 71.4 Å². The van der Waals surface area contributed by atoms with E-state index in [1.54, 1.807) is 24.1 Å². The van der Waals surface area contributed by atoms with Gasteiger partial charge in [0.15, 0.2) is 5.17 Å². The lowest BCUT2D eigenvalue weighted by Crippen LogP contribution is -2.40. The maximum Gasteiger partial charge on any atom is 0.266 e. The molecule has 0 unspecified atom stereocenters. The maximum absolute atomic E-state index is 12.8. The zero-order valence-corrected chi connectivity index (χ0v) is 19.6. The Balaban J connectivity index is 1.49. The second-order valence-corrected chi connectivity index (χ2v) is 8.75. The summed E-state index contributed by atoms with van der Waals surface area (Å²) in [5, 5.41) is 0.574. The van der Waals surface area contributed by atoms with Gasteiger partial charge in [0, 0.05) is 25.7 Å². The monoisotopic (exact) mass is 465 g/mol. The Bertz CT molecular complexity index is 1080. The summed E-state index contributed by atoms with van der Waals surface area (Å²) >= 11 is 1.32. The first-order valence-electron chi connectivity index (χ1n) is 11.0. The minimum absolute atomic E-state index is 0.0317. The fraction of sp³-hybridized carbons (Fsp3) is 0.320. The van der Waals surface area contributed by atoms with Crippen molar-refractivity contribution in [1.29, 1.82) is 0 Å². The Morgan fingerprint density at radius 3 is 2.67 bits per heavy atom. The molecule has 0 spiro atoms. The zero-order valence-electron chi connectivity index (χ0n) is 18.8. The summed E-state index contributed by atoms with van der Waals surface area (Å²) in [4.78, 5) is 34.1. The first kappa shape index (κ1) is 23.1. The minimum Gasteiger partial charge on any atom is -0.494 e. The van der Waals surface area contributed by atoms with E-state index in [4.69, 9.17) is 9.47 Å². The van der Waals surface area contributed by atoms with Gasteiger partial charge in [-0.3, -0.25) is 14.5 Å². The molecule has 33 heavy (non-hydrogen) atoms. The molecule has 7 nitrogen and oxygen atoms in total. The molecular weight excluding hydrogens is 438 g/mol. The van der Waals surface area contributed by atoms with Crippen molar-refractivity contribution in [1.82, 2.24) is 9.80 Å². The number of nitrogens with zero attached hydrogens (tertiary/aromatic N) is 3. The number of hydrogen-bond donors (Lipinski definition) is 0. The van der Waals surface area contributed by atoms with Crippen molar-refractivity contribution in [2.45, 2.75) is 13.3 Å². The molecule has 2 aromatic rings. The average molecular weight is 466 g/mol. The lowest BCUT2D eigenvalue weighted by atomic mass is 10.1. The minimum atomic E-state index is -0.106. The van der Waals surface area contributed by atoms with Crippen molar-refractivity contribution in [3.8, 4) is 5.75 Å². The summed E-state index contributed by atoms with van der Waals surface area (Å²) in [6, 6.07) is 14.9. The predicted molar refractivity (Wildman–Crippen MR) is 131 cm³/mol. The quantitative estimate of drug-likeness (QED) is 0.599. The smallest absolute Gasteiger partial charge is 0.266 e. The van der Waals surface area contributed by atoms with Gasteiger partial charge in [0.05, 0.1) is 30.4 Å². The molecule has 8 heteroatoms. The lowest BCUT2D eigenvalue weighted by Gasteiger charge is -2.26. The normalized spacial score (nSPS) is 18.9. The van der Waals surface area contributed by atoms with E-state index in [0.717, 1.165) is 17.7 Å². The van der Waals surface area contributed by atoms with Crippen molar-refractivity contribution in [3.05, 3.63) is 64.6 Å². The van der Waals surface area contributed by atoms with Crippen molar-refractivity contribution in [3.63, 3.8) is 0 Å².